The van der Waals surface area contributed by atoms with Crippen LogP contribution >= 0.6 is 11.3 Å². The summed E-state index contributed by atoms with van der Waals surface area (Å²) in [6.45, 7) is 0. The van der Waals surface area contributed by atoms with Gasteiger partial charge in [-0.1, -0.05) is 5.16 Å². The molecular weight excluding hydrogens is 178 g/mol. The van der Waals surface area contributed by atoms with Crippen LogP contribution in [-0.2, 0) is 4.74 Å². The quantitative estimate of drug-likeness (QED) is 0.327. The zero-order valence-corrected chi connectivity index (χ0v) is 7.17. The molecule has 0 bridgehead atoms. The zero-order valence-electron chi connectivity index (χ0n) is 6.35. The van der Waals surface area contributed by atoms with E-state index in [1.807, 2.05) is 0 Å². The molecule has 0 aliphatic rings. The van der Waals surface area contributed by atoms with Gasteiger partial charge >= 0.3 is 5.97 Å². The average Bonchev–Trinajstić information content (AvgIpc) is 2.52. The minimum atomic E-state index is -0.377. The number of hydrogen-bond donors (Lipinski definition) is 1. The molecule has 1 aromatic heterocycles. The summed E-state index contributed by atoms with van der Waals surface area (Å²) in [7, 11) is 1.32. The molecule has 0 aliphatic carbocycles. The van der Waals surface area contributed by atoms with Crippen LogP contribution in [0, 0.1) is 0 Å². The van der Waals surface area contributed by atoms with Crippen molar-refractivity contribution in [1.29, 1.82) is 0 Å². The number of hydrogen-bond acceptors (Lipinski definition) is 5. The molecule has 1 aromatic rings. The predicted molar refractivity (Wildman–Crippen MR) is 45.0 cm³/mol. The van der Waals surface area contributed by atoms with E-state index in [0.717, 1.165) is 0 Å². The first kappa shape index (κ1) is 8.73. The van der Waals surface area contributed by atoms with Gasteiger partial charge in [0, 0.05) is 4.88 Å². The van der Waals surface area contributed by atoms with Crippen LogP contribution in [-0.4, -0.2) is 24.5 Å². The van der Waals surface area contributed by atoms with E-state index in [0.29, 0.717) is 9.75 Å². The Morgan fingerprint density at radius 3 is 3.08 bits per heavy atom. The maximum absolute atomic E-state index is 10.9. The van der Waals surface area contributed by atoms with Gasteiger partial charge in [-0.2, -0.15) is 0 Å². The van der Waals surface area contributed by atoms with Crippen molar-refractivity contribution in [3.63, 3.8) is 0 Å². The molecule has 0 radical (unpaired) electrons. The van der Waals surface area contributed by atoms with Crippen LogP contribution in [0.1, 0.15) is 14.5 Å². The van der Waals surface area contributed by atoms with E-state index < -0.39 is 0 Å². The molecule has 0 fully saturated rings. The first-order chi connectivity index (χ1) is 5.77. The minimum Gasteiger partial charge on any atom is -0.465 e. The summed E-state index contributed by atoms with van der Waals surface area (Å²) in [6.07, 6.45) is 1.26. The maximum Gasteiger partial charge on any atom is 0.348 e. The molecule has 12 heavy (non-hydrogen) atoms. The summed E-state index contributed by atoms with van der Waals surface area (Å²) in [5, 5.41) is 11.0. The Balaban J connectivity index is 2.84. The van der Waals surface area contributed by atoms with Gasteiger partial charge in [0.1, 0.15) is 4.88 Å². The fourth-order valence-electron chi connectivity index (χ4n) is 0.689. The van der Waals surface area contributed by atoms with Crippen LogP contribution in [0.15, 0.2) is 17.3 Å². The van der Waals surface area contributed by atoms with E-state index in [2.05, 4.69) is 9.89 Å². The van der Waals surface area contributed by atoms with Gasteiger partial charge in [0.15, 0.2) is 0 Å². The van der Waals surface area contributed by atoms with Gasteiger partial charge in [-0.25, -0.2) is 4.79 Å². The number of nitrogens with zero attached hydrogens (tertiary/aromatic N) is 1. The highest BCUT2D eigenvalue weighted by atomic mass is 32.1. The molecular formula is C7H7NO3S. The third-order valence-corrected chi connectivity index (χ3v) is 2.20. The lowest BCUT2D eigenvalue weighted by Gasteiger charge is -1.90. The Kier molecular flexibility index (Phi) is 2.82. The van der Waals surface area contributed by atoms with Gasteiger partial charge in [0.05, 0.1) is 13.3 Å². The zero-order chi connectivity index (χ0) is 8.97. The van der Waals surface area contributed by atoms with E-state index in [-0.39, 0.29) is 5.97 Å². The molecule has 0 unspecified atom stereocenters. The highest BCUT2D eigenvalue weighted by Gasteiger charge is 2.07. The third kappa shape index (κ3) is 1.82. The van der Waals surface area contributed by atoms with Crippen LogP contribution in [0.3, 0.4) is 0 Å². The third-order valence-electron chi connectivity index (χ3n) is 1.20. The van der Waals surface area contributed by atoms with Gasteiger partial charge in [-0.05, 0) is 12.1 Å². The second-order valence-corrected chi connectivity index (χ2v) is 3.05. The minimum absolute atomic E-state index is 0.377. The van der Waals surface area contributed by atoms with Crippen LogP contribution in [0.5, 0.6) is 0 Å². The van der Waals surface area contributed by atoms with E-state index in [9.17, 15) is 4.79 Å². The maximum atomic E-state index is 10.9. The Labute approximate surface area is 73.1 Å². The average molecular weight is 185 g/mol. The van der Waals surface area contributed by atoms with E-state index in [1.165, 1.54) is 24.7 Å². The molecule has 1 rings (SSSR count). The van der Waals surface area contributed by atoms with Crippen LogP contribution < -0.4 is 0 Å². The molecule has 0 atom stereocenters. The highest BCUT2D eigenvalue weighted by molar-refractivity contribution is 7.15. The van der Waals surface area contributed by atoms with Crippen LogP contribution in [0.4, 0.5) is 0 Å². The van der Waals surface area contributed by atoms with Crippen molar-refractivity contribution < 1.29 is 14.7 Å². The Hall–Kier alpha value is -1.36. The summed E-state index contributed by atoms with van der Waals surface area (Å²) in [5.41, 5.74) is 0. The van der Waals surface area contributed by atoms with Gasteiger partial charge in [0.2, 0.25) is 0 Å². The summed E-state index contributed by atoms with van der Waals surface area (Å²) in [6, 6.07) is 3.30. The normalized spacial score (nSPS) is 10.4. The number of rotatable bonds is 2. The topological polar surface area (TPSA) is 58.9 Å². The molecule has 0 spiro atoms. The van der Waals surface area contributed by atoms with Crippen molar-refractivity contribution in [1.82, 2.24) is 0 Å². The Morgan fingerprint density at radius 1 is 1.75 bits per heavy atom. The molecule has 64 valence electrons. The molecule has 0 amide bonds. The second-order valence-electron chi connectivity index (χ2n) is 1.94. The first-order valence-electron chi connectivity index (χ1n) is 3.13. The van der Waals surface area contributed by atoms with Crippen molar-refractivity contribution in [2.24, 2.45) is 5.16 Å². The fourth-order valence-corrected chi connectivity index (χ4v) is 1.48. The second kappa shape index (κ2) is 3.87. The lowest BCUT2D eigenvalue weighted by atomic mass is 10.4. The molecule has 0 saturated heterocycles. The lowest BCUT2D eigenvalue weighted by Crippen LogP contribution is -1.96. The summed E-state index contributed by atoms with van der Waals surface area (Å²) < 4.78 is 4.49. The van der Waals surface area contributed by atoms with Crippen molar-refractivity contribution in [3.05, 3.63) is 21.9 Å². The van der Waals surface area contributed by atoms with Gasteiger partial charge < -0.3 is 9.94 Å². The van der Waals surface area contributed by atoms with E-state index >= 15 is 0 Å². The highest BCUT2D eigenvalue weighted by Crippen LogP contribution is 2.15. The molecule has 0 aliphatic heterocycles. The van der Waals surface area contributed by atoms with E-state index in [1.54, 1.807) is 12.1 Å². The molecule has 5 heteroatoms. The smallest absolute Gasteiger partial charge is 0.348 e. The SMILES string of the molecule is COC(=O)c1ccc(/C=N/O)s1. The fraction of sp³-hybridized carbons (Fsp3) is 0.143. The molecule has 4 nitrogen and oxygen atoms in total. The van der Waals surface area contributed by atoms with Gasteiger partial charge in [-0.3, -0.25) is 0 Å². The number of carbonyl (C=O) groups excluding carboxylic acids is 1. The van der Waals surface area contributed by atoms with Crippen molar-refractivity contribution in [3.8, 4) is 0 Å². The van der Waals surface area contributed by atoms with Crippen molar-refractivity contribution in [2.45, 2.75) is 0 Å². The monoisotopic (exact) mass is 185 g/mol. The van der Waals surface area contributed by atoms with Gasteiger partial charge in [-0.15, -0.1) is 11.3 Å². The molecule has 0 saturated carbocycles. The first-order valence-corrected chi connectivity index (χ1v) is 3.95. The predicted octanol–water partition coefficient (Wildman–Crippen LogP) is 1.34. The Bertz CT molecular complexity index is 305. The van der Waals surface area contributed by atoms with Crippen LogP contribution in [0.25, 0.3) is 0 Å². The number of oxime groups is 1. The standard InChI is InChI=1S/C7H7NO3S/c1-11-7(9)6-3-2-5(12-6)4-8-10/h2-4,10H,1H3/b8-4+. The molecule has 0 aromatic carbocycles. The van der Waals surface area contributed by atoms with Crippen molar-refractivity contribution in [2.75, 3.05) is 7.11 Å². The number of esters is 1. The van der Waals surface area contributed by atoms with Crippen LogP contribution in [0.2, 0.25) is 0 Å². The van der Waals surface area contributed by atoms with E-state index in [4.69, 9.17) is 5.21 Å². The summed E-state index contributed by atoms with van der Waals surface area (Å²) in [5.74, 6) is -0.377. The Morgan fingerprint density at radius 2 is 2.50 bits per heavy atom. The summed E-state index contributed by atoms with van der Waals surface area (Å²) >= 11 is 1.21. The largest absolute Gasteiger partial charge is 0.465 e. The number of ether oxygens (including phenoxy) is 1. The summed E-state index contributed by atoms with van der Waals surface area (Å²) in [4.78, 5) is 12.1. The lowest BCUT2D eigenvalue weighted by molar-refractivity contribution is 0.0606. The van der Waals surface area contributed by atoms with Gasteiger partial charge in [0.25, 0.3) is 0 Å². The molecule has 1 N–H and O–H groups in total. The molecule has 1 heterocycles. The number of carbonyl (C=O) groups is 1. The number of methoxy groups -OCH3 is 1. The number of thiophene rings is 1. The van der Waals surface area contributed by atoms with Crippen molar-refractivity contribution >= 4 is 23.5 Å².